The fraction of sp³-hybridized carbons (Fsp3) is 0.154. The van der Waals surface area contributed by atoms with Gasteiger partial charge in [0, 0.05) is 21.2 Å². The first-order chi connectivity index (χ1) is 17.3. The summed E-state index contributed by atoms with van der Waals surface area (Å²) < 4.78 is 26.8. The van der Waals surface area contributed by atoms with Crippen molar-refractivity contribution < 1.29 is 23.5 Å². The number of benzene rings is 3. The van der Waals surface area contributed by atoms with E-state index in [1.807, 2.05) is 31.2 Å². The number of nitrogens with zero attached hydrogens (tertiary/aromatic N) is 1. The van der Waals surface area contributed by atoms with E-state index in [9.17, 15) is 14.0 Å². The minimum Gasteiger partial charge on any atom is -0.490 e. The maximum atomic E-state index is 14.2. The number of thioether (sulfide) groups is 1. The molecular weight excluding hydrogens is 639 g/mol. The number of hydrogen-bond acceptors (Lipinski definition) is 5. The number of carbonyl (C=O) groups excluding carboxylic acids is 2. The van der Waals surface area contributed by atoms with Crippen LogP contribution in [0.25, 0.3) is 6.08 Å². The molecule has 0 aromatic heterocycles. The fourth-order valence-electron chi connectivity index (χ4n) is 3.47. The Bertz CT molecular complexity index is 1350. The lowest BCUT2D eigenvalue weighted by Crippen LogP contribution is -2.28. The molecule has 2 amide bonds. The minimum atomic E-state index is -0.575. The standard InChI is InChI=1S/C26H19Cl2FINO4S/c1-2-34-22-11-15(10-21(30)24(22)35-14-16-6-3-4-7-18(16)27)12-23-25(32)31(26(33)36-23)13-17-19(28)8-5-9-20(17)29/h3-12H,2,13-14H2,1H3/b23-12+. The Hall–Kier alpha value is -2.27. The molecule has 0 radical (unpaired) electrons. The first-order valence-electron chi connectivity index (χ1n) is 10.8. The molecule has 0 spiro atoms. The van der Waals surface area contributed by atoms with Crippen LogP contribution >= 0.6 is 57.6 Å². The number of carbonyl (C=O) groups is 2. The van der Waals surface area contributed by atoms with Crippen LogP contribution in [0.1, 0.15) is 23.6 Å². The molecule has 0 saturated carbocycles. The van der Waals surface area contributed by atoms with Gasteiger partial charge in [-0.3, -0.25) is 14.5 Å². The summed E-state index contributed by atoms with van der Waals surface area (Å²) in [6.45, 7) is 2.27. The second-order valence-corrected chi connectivity index (χ2v) is 10.6. The van der Waals surface area contributed by atoms with Gasteiger partial charge in [-0.2, -0.15) is 0 Å². The van der Waals surface area contributed by atoms with Crippen LogP contribution in [-0.4, -0.2) is 22.7 Å². The SMILES string of the molecule is CCOc1cc(/C=C2/SC(=O)N(Cc3c(F)cccc3Cl)C2=O)cc(I)c1OCc1ccccc1Cl. The van der Waals surface area contributed by atoms with Crippen LogP contribution in [0.4, 0.5) is 9.18 Å². The predicted molar refractivity (Wildman–Crippen MR) is 149 cm³/mol. The molecule has 0 unspecified atom stereocenters. The normalized spacial score (nSPS) is 14.6. The molecule has 1 saturated heterocycles. The van der Waals surface area contributed by atoms with Crippen molar-refractivity contribution in [1.29, 1.82) is 0 Å². The lowest BCUT2D eigenvalue weighted by molar-refractivity contribution is -0.123. The molecule has 1 aliphatic rings. The second kappa shape index (κ2) is 11.9. The quantitative estimate of drug-likeness (QED) is 0.182. The van der Waals surface area contributed by atoms with Gasteiger partial charge in [0.05, 0.1) is 21.6 Å². The predicted octanol–water partition coefficient (Wildman–Crippen LogP) is 7.95. The highest BCUT2D eigenvalue weighted by atomic mass is 127. The van der Waals surface area contributed by atoms with E-state index in [0.29, 0.717) is 28.7 Å². The van der Waals surface area contributed by atoms with E-state index in [1.54, 1.807) is 18.2 Å². The van der Waals surface area contributed by atoms with Crippen LogP contribution in [0.2, 0.25) is 10.0 Å². The van der Waals surface area contributed by atoms with Gasteiger partial charge >= 0.3 is 0 Å². The molecule has 1 heterocycles. The van der Waals surface area contributed by atoms with E-state index < -0.39 is 17.0 Å². The van der Waals surface area contributed by atoms with Crippen molar-refractivity contribution in [1.82, 2.24) is 4.90 Å². The number of ether oxygens (including phenoxy) is 2. The molecule has 4 rings (SSSR count). The Morgan fingerprint density at radius 1 is 1.06 bits per heavy atom. The molecule has 0 atom stereocenters. The molecule has 0 N–H and O–H groups in total. The first-order valence-corrected chi connectivity index (χ1v) is 13.4. The highest BCUT2D eigenvalue weighted by molar-refractivity contribution is 14.1. The summed E-state index contributed by atoms with van der Waals surface area (Å²) in [7, 11) is 0. The smallest absolute Gasteiger partial charge is 0.293 e. The highest BCUT2D eigenvalue weighted by Gasteiger charge is 2.36. The molecule has 10 heteroatoms. The largest absolute Gasteiger partial charge is 0.490 e. The number of hydrogen-bond donors (Lipinski definition) is 0. The van der Waals surface area contributed by atoms with Gasteiger partial charge in [0.25, 0.3) is 11.1 Å². The van der Waals surface area contributed by atoms with Gasteiger partial charge in [-0.1, -0.05) is 47.5 Å². The van der Waals surface area contributed by atoms with Gasteiger partial charge in [0.2, 0.25) is 0 Å². The summed E-state index contributed by atoms with van der Waals surface area (Å²) in [5.74, 6) is -0.0398. The van der Waals surface area contributed by atoms with Crippen molar-refractivity contribution in [2.24, 2.45) is 0 Å². The van der Waals surface area contributed by atoms with E-state index in [-0.39, 0.29) is 28.6 Å². The summed E-state index contributed by atoms with van der Waals surface area (Å²) in [6.07, 6.45) is 1.61. The van der Waals surface area contributed by atoms with E-state index >= 15 is 0 Å². The summed E-state index contributed by atoms with van der Waals surface area (Å²) >= 11 is 15.2. The average molecular weight is 658 g/mol. The van der Waals surface area contributed by atoms with Crippen molar-refractivity contribution in [3.63, 3.8) is 0 Å². The number of halogens is 4. The topological polar surface area (TPSA) is 55.8 Å². The summed E-state index contributed by atoms with van der Waals surface area (Å²) in [5, 5.41) is 0.265. The zero-order valence-electron chi connectivity index (χ0n) is 18.9. The fourth-order valence-corrected chi connectivity index (χ4v) is 5.50. The first kappa shape index (κ1) is 26.8. The monoisotopic (exact) mass is 657 g/mol. The Kier molecular flexibility index (Phi) is 8.82. The molecule has 3 aromatic rings. The summed E-state index contributed by atoms with van der Waals surface area (Å²) in [5.41, 5.74) is 1.59. The summed E-state index contributed by atoms with van der Waals surface area (Å²) in [6, 6.07) is 15.2. The minimum absolute atomic E-state index is 0.0934. The average Bonchev–Trinajstić information content (AvgIpc) is 3.09. The highest BCUT2D eigenvalue weighted by Crippen LogP contribution is 2.39. The van der Waals surface area contributed by atoms with Crippen LogP contribution in [0.3, 0.4) is 0 Å². The molecule has 0 aliphatic carbocycles. The third-order valence-corrected chi connectivity index (χ3v) is 7.64. The molecule has 3 aromatic carbocycles. The molecule has 0 bridgehead atoms. The lowest BCUT2D eigenvalue weighted by atomic mass is 10.1. The molecular formula is C26H19Cl2FINO4S. The second-order valence-electron chi connectivity index (χ2n) is 7.61. The maximum Gasteiger partial charge on any atom is 0.293 e. The lowest BCUT2D eigenvalue weighted by Gasteiger charge is -2.15. The number of rotatable bonds is 8. The zero-order valence-corrected chi connectivity index (χ0v) is 23.4. The van der Waals surface area contributed by atoms with Crippen molar-refractivity contribution in [3.8, 4) is 11.5 Å². The molecule has 5 nitrogen and oxygen atoms in total. The van der Waals surface area contributed by atoms with Crippen molar-refractivity contribution in [2.45, 2.75) is 20.1 Å². The summed E-state index contributed by atoms with van der Waals surface area (Å²) in [4.78, 5) is 26.7. The van der Waals surface area contributed by atoms with Crippen LogP contribution in [0.15, 0.2) is 59.5 Å². The van der Waals surface area contributed by atoms with Gasteiger partial charge in [0.15, 0.2) is 11.5 Å². The number of amides is 2. The van der Waals surface area contributed by atoms with Crippen LogP contribution in [0.5, 0.6) is 11.5 Å². The van der Waals surface area contributed by atoms with Crippen LogP contribution in [-0.2, 0) is 17.9 Å². The Morgan fingerprint density at radius 2 is 1.81 bits per heavy atom. The molecule has 1 aliphatic heterocycles. The van der Waals surface area contributed by atoms with Crippen LogP contribution < -0.4 is 9.47 Å². The van der Waals surface area contributed by atoms with Gasteiger partial charge in [-0.25, -0.2) is 4.39 Å². The Labute approximate surface area is 235 Å². The van der Waals surface area contributed by atoms with E-state index in [0.717, 1.165) is 25.8 Å². The van der Waals surface area contributed by atoms with E-state index in [2.05, 4.69) is 22.6 Å². The van der Waals surface area contributed by atoms with E-state index in [4.69, 9.17) is 32.7 Å². The van der Waals surface area contributed by atoms with Crippen molar-refractivity contribution in [3.05, 3.63) is 95.6 Å². The van der Waals surface area contributed by atoms with Crippen LogP contribution in [0, 0.1) is 9.39 Å². The van der Waals surface area contributed by atoms with Crippen molar-refractivity contribution >= 4 is 74.8 Å². The molecule has 36 heavy (non-hydrogen) atoms. The molecule has 1 fully saturated rings. The van der Waals surface area contributed by atoms with Gasteiger partial charge in [-0.15, -0.1) is 0 Å². The Balaban J connectivity index is 1.58. The zero-order chi connectivity index (χ0) is 25.8. The van der Waals surface area contributed by atoms with E-state index in [1.165, 1.54) is 18.2 Å². The third-order valence-electron chi connectivity index (χ3n) is 5.21. The van der Waals surface area contributed by atoms with Crippen molar-refractivity contribution in [2.75, 3.05) is 6.61 Å². The van der Waals surface area contributed by atoms with Gasteiger partial charge in [-0.05, 0) is 83.2 Å². The number of imide groups is 1. The Morgan fingerprint density at radius 3 is 2.53 bits per heavy atom. The van der Waals surface area contributed by atoms with Gasteiger partial charge in [0.1, 0.15) is 12.4 Å². The van der Waals surface area contributed by atoms with Gasteiger partial charge < -0.3 is 9.47 Å². The third kappa shape index (κ3) is 5.99. The maximum absolute atomic E-state index is 14.2. The molecule has 186 valence electrons.